The third-order valence-electron chi connectivity index (χ3n) is 3.76. The molecule has 1 aromatic carbocycles. The molecule has 0 fully saturated rings. The van der Waals surface area contributed by atoms with Gasteiger partial charge in [0.2, 0.25) is 5.91 Å². The predicted octanol–water partition coefficient (Wildman–Crippen LogP) is 2.76. The SMILES string of the molecule is CCC(Sc1nc(N)cc2[nH]cnc12)C(=O)Nc1ccc(O)c(OC)c1. The molecule has 2 aromatic heterocycles. The molecule has 1 atom stereocenters. The van der Waals surface area contributed by atoms with E-state index in [2.05, 4.69) is 20.3 Å². The average molecular weight is 373 g/mol. The minimum atomic E-state index is -0.385. The van der Waals surface area contributed by atoms with Gasteiger partial charge in [-0.2, -0.15) is 0 Å². The van der Waals surface area contributed by atoms with E-state index in [-0.39, 0.29) is 16.9 Å². The quantitative estimate of drug-likeness (QED) is 0.386. The fourth-order valence-corrected chi connectivity index (χ4v) is 3.49. The number of pyridine rings is 1. The molecule has 0 aliphatic rings. The zero-order valence-corrected chi connectivity index (χ0v) is 15.1. The number of nitrogens with one attached hydrogen (secondary N) is 2. The van der Waals surface area contributed by atoms with Gasteiger partial charge >= 0.3 is 0 Å². The van der Waals surface area contributed by atoms with Crippen LogP contribution in [0.25, 0.3) is 11.0 Å². The zero-order chi connectivity index (χ0) is 18.7. The second-order valence-electron chi connectivity index (χ2n) is 5.54. The number of aromatic amines is 1. The summed E-state index contributed by atoms with van der Waals surface area (Å²) < 4.78 is 5.06. The number of anilines is 2. The summed E-state index contributed by atoms with van der Waals surface area (Å²) in [5.41, 5.74) is 7.83. The lowest BCUT2D eigenvalue weighted by Gasteiger charge is -2.15. The van der Waals surface area contributed by atoms with Crippen LogP contribution in [0.3, 0.4) is 0 Å². The van der Waals surface area contributed by atoms with E-state index in [0.717, 1.165) is 5.52 Å². The highest BCUT2D eigenvalue weighted by Crippen LogP contribution is 2.32. The van der Waals surface area contributed by atoms with Gasteiger partial charge in [0.05, 0.1) is 24.2 Å². The number of fused-ring (bicyclic) bond motifs is 1. The number of nitrogen functional groups attached to an aromatic ring is 1. The number of imidazole rings is 1. The van der Waals surface area contributed by atoms with Crippen molar-refractivity contribution in [2.24, 2.45) is 0 Å². The Hall–Kier alpha value is -2.94. The van der Waals surface area contributed by atoms with Gasteiger partial charge in [0, 0.05) is 17.8 Å². The van der Waals surface area contributed by atoms with Crippen LogP contribution in [0.2, 0.25) is 0 Å². The van der Waals surface area contributed by atoms with Crippen LogP contribution in [0, 0.1) is 0 Å². The lowest BCUT2D eigenvalue weighted by atomic mass is 10.2. The molecule has 3 aromatic rings. The Morgan fingerprint density at radius 2 is 2.27 bits per heavy atom. The Labute approximate surface area is 154 Å². The molecule has 0 radical (unpaired) electrons. The van der Waals surface area contributed by atoms with Crippen LogP contribution in [0.15, 0.2) is 35.6 Å². The molecule has 1 amide bonds. The number of H-pyrrole nitrogens is 1. The van der Waals surface area contributed by atoms with Gasteiger partial charge in [-0.05, 0) is 18.6 Å². The van der Waals surface area contributed by atoms with Crippen molar-refractivity contribution < 1.29 is 14.6 Å². The van der Waals surface area contributed by atoms with Crippen molar-refractivity contribution in [3.63, 3.8) is 0 Å². The number of amides is 1. The average Bonchev–Trinajstić information content (AvgIpc) is 3.09. The molecule has 0 saturated heterocycles. The van der Waals surface area contributed by atoms with Crippen LogP contribution >= 0.6 is 11.8 Å². The first kappa shape index (κ1) is 17.9. The van der Waals surface area contributed by atoms with Crippen LogP contribution in [0.1, 0.15) is 13.3 Å². The summed E-state index contributed by atoms with van der Waals surface area (Å²) in [6.07, 6.45) is 2.16. The van der Waals surface area contributed by atoms with Crippen LogP contribution < -0.4 is 15.8 Å². The number of nitrogens with two attached hydrogens (primary N) is 1. The summed E-state index contributed by atoms with van der Waals surface area (Å²) in [5.74, 6) is 0.483. The third kappa shape index (κ3) is 3.67. The number of hydrogen-bond donors (Lipinski definition) is 4. The number of carbonyl (C=O) groups excluding carboxylic acids is 1. The Balaban J connectivity index is 1.79. The number of ether oxygens (including phenoxy) is 1. The Kier molecular flexibility index (Phi) is 5.17. The fourth-order valence-electron chi connectivity index (χ4n) is 2.45. The number of carbonyl (C=O) groups is 1. The molecule has 8 nitrogen and oxygen atoms in total. The normalized spacial score (nSPS) is 12.1. The Morgan fingerprint density at radius 3 is 3.00 bits per heavy atom. The largest absolute Gasteiger partial charge is 0.504 e. The van der Waals surface area contributed by atoms with Crippen molar-refractivity contribution in [2.75, 3.05) is 18.2 Å². The van der Waals surface area contributed by atoms with Gasteiger partial charge in [-0.1, -0.05) is 18.7 Å². The van der Waals surface area contributed by atoms with Crippen molar-refractivity contribution in [2.45, 2.75) is 23.6 Å². The highest BCUT2D eigenvalue weighted by molar-refractivity contribution is 8.00. The fraction of sp³-hybridized carbons (Fsp3) is 0.235. The topological polar surface area (TPSA) is 126 Å². The molecule has 9 heteroatoms. The van der Waals surface area contributed by atoms with Crippen LogP contribution in [0.4, 0.5) is 11.5 Å². The van der Waals surface area contributed by atoms with Crippen molar-refractivity contribution in [1.82, 2.24) is 15.0 Å². The highest BCUT2D eigenvalue weighted by Gasteiger charge is 2.21. The van der Waals surface area contributed by atoms with Crippen molar-refractivity contribution in [3.05, 3.63) is 30.6 Å². The standard InChI is InChI=1S/C17H19N5O3S/c1-3-13(16(24)21-9-4-5-11(23)12(6-9)25-2)26-17-15-10(19-8-20-15)7-14(18)22-17/h4-8,13,23H,3H2,1-2H3,(H2,18,22)(H,19,20)(H,21,24). The van der Waals surface area contributed by atoms with Gasteiger partial charge in [0.15, 0.2) is 11.5 Å². The summed E-state index contributed by atoms with van der Waals surface area (Å²) in [6, 6.07) is 6.35. The number of aromatic hydroxyl groups is 1. The molecule has 5 N–H and O–H groups in total. The van der Waals surface area contributed by atoms with Crippen molar-refractivity contribution >= 4 is 40.2 Å². The van der Waals surface area contributed by atoms with Gasteiger partial charge in [-0.25, -0.2) is 9.97 Å². The molecule has 0 spiro atoms. The highest BCUT2D eigenvalue weighted by atomic mass is 32.2. The number of benzene rings is 1. The van der Waals surface area contributed by atoms with Gasteiger partial charge < -0.3 is 25.9 Å². The summed E-state index contributed by atoms with van der Waals surface area (Å²) in [6.45, 7) is 1.92. The lowest BCUT2D eigenvalue weighted by Crippen LogP contribution is -2.24. The number of methoxy groups -OCH3 is 1. The third-order valence-corrected chi connectivity index (χ3v) is 5.10. The van der Waals surface area contributed by atoms with E-state index in [9.17, 15) is 9.90 Å². The first-order valence-corrected chi connectivity index (χ1v) is 8.84. The molecule has 0 bridgehead atoms. The number of aromatic nitrogens is 3. The maximum absolute atomic E-state index is 12.7. The molecule has 0 aliphatic heterocycles. The van der Waals surface area contributed by atoms with E-state index in [1.54, 1.807) is 24.5 Å². The maximum Gasteiger partial charge on any atom is 0.237 e. The molecule has 2 heterocycles. The molecule has 0 aliphatic carbocycles. The number of nitrogens with zero attached hydrogens (tertiary/aromatic N) is 2. The Bertz CT molecular complexity index is 943. The molecule has 3 rings (SSSR count). The van der Waals surface area contributed by atoms with E-state index in [1.807, 2.05) is 6.92 Å². The van der Waals surface area contributed by atoms with Gasteiger partial charge in [0.25, 0.3) is 0 Å². The van der Waals surface area contributed by atoms with E-state index in [1.165, 1.54) is 24.9 Å². The lowest BCUT2D eigenvalue weighted by molar-refractivity contribution is -0.115. The molecule has 136 valence electrons. The first-order valence-electron chi connectivity index (χ1n) is 7.96. The molecule has 0 saturated carbocycles. The van der Waals surface area contributed by atoms with Crippen molar-refractivity contribution in [3.8, 4) is 11.5 Å². The summed E-state index contributed by atoms with van der Waals surface area (Å²) in [4.78, 5) is 24.2. The number of rotatable bonds is 6. The van der Waals surface area contributed by atoms with Crippen molar-refractivity contribution in [1.29, 1.82) is 0 Å². The molecule has 1 unspecified atom stereocenters. The number of phenols is 1. The van der Waals surface area contributed by atoms with Gasteiger partial charge in [-0.15, -0.1) is 0 Å². The zero-order valence-electron chi connectivity index (χ0n) is 14.3. The van der Waals surface area contributed by atoms with Crippen LogP contribution in [-0.2, 0) is 4.79 Å². The van der Waals surface area contributed by atoms with Crippen LogP contribution in [-0.4, -0.2) is 38.3 Å². The second-order valence-corrected chi connectivity index (χ2v) is 6.73. The number of phenolic OH excluding ortho intramolecular Hbond substituents is 1. The second kappa shape index (κ2) is 7.52. The smallest absolute Gasteiger partial charge is 0.237 e. The molecule has 26 heavy (non-hydrogen) atoms. The van der Waals surface area contributed by atoms with E-state index < -0.39 is 0 Å². The minimum absolute atomic E-state index is 0.0109. The van der Waals surface area contributed by atoms with E-state index in [0.29, 0.717) is 34.2 Å². The molecular weight excluding hydrogens is 354 g/mol. The summed E-state index contributed by atoms with van der Waals surface area (Å²) in [7, 11) is 1.45. The van der Waals surface area contributed by atoms with Crippen LogP contribution in [0.5, 0.6) is 11.5 Å². The van der Waals surface area contributed by atoms with Gasteiger partial charge in [0.1, 0.15) is 16.4 Å². The number of thioether (sulfide) groups is 1. The number of hydrogen-bond acceptors (Lipinski definition) is 7. The predicted molar refractivity (Wildman–Crippen MR) is 102 cm³/mol. The van der Waals surface area contributed by atoms with E-state index >= 15 is 0 Å². The van der Waals surface area contributed by atoms with E-state index in [4.69, 9.17) is 10.5 Å². The minimum Gasteiger partial charge on any atom is -0.504 e. The summed E-state index contributed by atoms with van der Waals surface area (Å²) in [5, 5.41) is 12.7. The monoisotopic (exact) mass is 373 g/mol. The first-order chi connectivity index (χ1) is 12.5. The van der Waals surface area contributed by atoms with Gasteiger partial charge in [-0.3, -0.25) is 4.79 Å². The molecular formula is C17H19N5O3S. The Morgan fingerprint density at radius 1 is 1.46 bits per heavy atom. The maximum atomic E-state index is 12.7. The summed E-state index contributed by atoms with van der Waals surface area (Å²) >= 11 is 1.31.